The molecule has 0 heterocycles. The Kier molecular flexibility index (Phi) is 7.28. The van der Waals surface area contributed by atoms with Crippen molar-refractivity contribution >= 4 is 11.9 Å². The van der Waals surface area contributed by atoms with Crippen molar-refractivity contribution in [2.75, 3.05) is 13.2 Å². The van der Waals surface area contributed by atoms with Crippen molar-refractivity contribution in [2.24, 2.45) is 5.92 Å². The van der Waals surface area contributed by atoms with Crippen LogP contribution in [0.2, 0.25) is 0 Å². The smallest absolute Gasteiger partial charge is 0.329 e. The number of amides is 1. The zero-order valence-electron chi connectivity index (χ0n) is 15.1. The first-order valence-electron chi connectivity index (χ1n) is 8.49. The maximum Gasteiger partial charge on any atom is 0.329 e. The highest BCUT2D eigenvalue weighted by Gasteiger charge is 2.27. The van der Waals surface area contributed by atoms with Gasteiger partial charge in [-0.1, -0.05) is 26.0 Å². The van der Waals surface area contributed by atoms with Gasteiger partial charge in [0.1, 0.15) is 36.6 Å². The minimum atomic E-state index is -0.928. The minimum absolute atomic E-state index is 0.0466. The van der Waals surface area contributed by atoms with E-state index in [-0.39, 0.29) is 30.5 Å². The van der Waals surface area contributed by atoms with Gasteiger partial charge in [-0.15, -0.1) is 0 Å². The summed E-state index contributed by atoms with van der Waals surface area (Å²) in [5.74, 6) is -2.19. The number of rotatable bonds is 8. The van der Waals surface area contributed by atoms with Crippen LogP contribution in [0.15, 0.2) is 48.5 Å². The topological polar surface area (TPSA) is 64.6 Å². The van der Waals surface area contributed by atoms with Gasteiger partial charge in [0.15, 0.2) is 0 Å². The van der Waals surface area contributed by atoms with Crippen LogP contribution in [0, 0.1) is 17.6 Å². The van der Waals surface area contributed by atoms with Gasteiger partial charge in [-0.2, -0.15) is 0 Å². The van der Waals surface area contributed by atoms with Gasteiger partial charge < -0.3 is 14.8 Å². The first-order valence-corrected chi connectivity index (χ1v) is 8.49. The second-order valence-corrected chi connectivity index (χ2v) is 6.14. The van der Waals surface area contributed by atoms with Crippen molar-refractivity contribution in [3.63, 3.8) is 0 Å². The average Bonchev–Trinajstić information content (AvgIpc) is 2.64. The van der Waals surface area contributed by atoms with Gasteiger partial charge in [0.25, 0.3) is 5.91 Å². The van der Waals surface area contributed by atoms with E-state index in [4.69, 9.17) is 9.47 Å². The van der Waals surface area contributed by atoms with Crippen molar-refractivity contribution in [1.29, 1.82) is 0 Å². The molecule has 1 atom stereocenters. The molecular formula is C20H21F2NO4. The number of benzene rings is 2. The molecule has 5 nitrogen and oxygen atoms in total. The number of ether oxygens (including phenoxy) is 2. The van der Waals surface area contributed by atoms with E-state index in [0.29, 0.717) is 5.75 Å². The summed E-state index contributed by atoms with van der Waals surface area (Å²) in [6.07, 6.45) is 0. The maximum atomic E-state index is 13.7. The summed E-state index contributed by atoms with van der Waals surface area (Å²) in [6, 6.07) is 10.0. The molecule has 0 aliphatic heterocycles. The molecule has 1 amide bonds. The van der Waals surface area contributed by atoms with E-state index in [0.717, 1.165) is 0 Å². The lowest BCUT2D eigenvalue weighted by molar-refractivity contribution is -0.147. The monoisotopic (exact) mass is 377 g/mol. The summed E-state index contributed by atoms with van der Waals surface area (Å²) in [6.45, 7) is 3.50. The molecule has 0 unspecified atom stereocenters. The molecule has 0 fully saturated rings. The Labute approximate surface area is 156 Å². The molecule has 0 radical (unpaired) electrons. The van der Waals surface area contributed by atoms with Gasteiger partial charge in [-0.3, -0.25) is 4.79 Å². The molecule has 0 aliphatic rings. The van der Waals surface area contributed by atoms with Crippen LogP contribution in [0.5, 0.6) is 5.75 Å². The van der Waals surface area contributed by atoms with Gasteiger partial charge in [-0.05, 0) is 42.3 Å². The molecule has 2 aromatic rings. The highest BCUT2D eigenvalue weighted by atomic mass is 19.1. The highest BCUT2D eigenvalue weighted by Crippen LogP contribution is 2.12. The number of hydrogen-bond acceptors (Lipinski definition) is 4. The van der Waals surface area contributed by atoms with Crippen molar-refractivity contribution < 1.29 is 27.8 Å². The molecule has 7 heteroatoms. The van der Waals surface area contributed by atoms with Crippen LogP contribution < -0.4 is 10.1 Å². The lowest BCUT2D eigenvalue weighted by atomic mass is 10.0. The normalized spacial score (nSPS) is 11.7. The molecule has 0 spiro atoms. The molecule has 0 saturated carbocycles. The van der Waals surface area contributed by atoms with Crippen LogP contribution in [0.3, 0.4) is 0 Å². The van der Waals surface area contributed by atoms with Gasteiger partial charge in [0.2, 0.25) is 0 Å². The standard InChI is InChI=1S/C20H21F2NO4/c1-13(2)18(23-19(24)16-5-3-4-6-17(16)22)20(25)27-12-11-26-15-9-7-14(21)8-10-15/h3-10,13,18H,11-12H2,1-2H3,(H,23,24)/t18-/m0/s1. The van der Waals surface area contributed by atoms with E-state index in [2.05, 4.69) is 5.32 Å². The Balaban J connectivity index is 1.86. The number of halogens is 2. The average molecular weight is 377 g/mol. The third kappa shape index (κ3) is 6.06. The van der Waals surface area contributed by atoms with Crippen molar-refractivity contribution in [3.8, 4) is 5.75 Å². The Morgan fingerprint density at radius 3 is 2.30 bits per heavy atom. The molecule has 2 rings (SSSR count). The van der Waals surface area contributed by atoms with Crippen molar-refractivity contribution in [1.82, 2.24) is 5.32 Å². The Morgan fingerprint density at radius 2 is 1.67 bits per heavy atom. The van der Waals surface area contributed by atoms with E-state index in [1.54, 1.807) is 13.8 Å². The molecular weight excluding hydrogens is 356 g/mol. The summed E-state index contributed by atoms with van der Waals surface area (Å²) < 4.78 is 37.0. The number of carbonyl (C=O) groups excluding carboxylic acids is 2. The maximum absolute atomic E-state index is 13.7. The zero-order chi connectivity index (χ0) is 19.8. The van der Waals surface area contributed by atoms with Crippen LogP contribution in [-0.4, -0.2) is 31.1 Å². The van der Waals surface area contributed by atoms with E-state index >= 15 is 0 Å². The number of esters is 1. The second kappa shape index (κ2) is 9.66. The molecule has 1 N–H and O–H groups in total. The van der Waals surface area contributed by atoms with Crippen LogP contribution in [0.1, 0.15) is 24.2 Å². The minimum Gasteiger partial charge on any atom is -0.490 e. The van der Waals surface area contributed by atoms with Crippen LogP contribution >= 0.6 is 0 Å². The first kappa shape index (κ1) is 20.4. The number of nitrogens with one attached hydrogen (secondary N) is 1. The van der Waals surface area contributed by atoms with E-state index in [9.17, 15) is 18.4 Å². The number of hydrogen-bond donors (Lipinski definition) is 1. The van der Waals surface area contributed by atoms with Crippen LogP contribution in [0.25, 0.3) is 0 Å². The van der Waals surface area contributed by atoms with Gasteiger partial charge >= 0.3 is 5.97 Å². The van der Waals surface area contributed by atoms with E-state index in [1.165, 1.54) is 48.5 Å². The summed E-state index contributed by atoms with van der Waals surface area (Å²) in [5, 5.41) is 2.50. The van der Waals surface area contributed by atoms with Crippen molar-refractivity contribution in [3.05, 3.63) is 65.7 Å². The van der Waals surface area contributed by atoms with Gasteiger partial charge in [0.05, 0.1) is 5.56 Å². The summed E-state index contributed by atoms with van der Waals surface area (Å²) in [5.41, 5.74) is -0.143. The summed E-state index contributed by atoms with van der Waals surface area (Å²) in [4.78, 5) is 24.5. The third-order valence-electron chi connectivity index (χ3n) is 3.74. The summed E-state index contributed by atoms with van der Waals surface area (Å²) in [7, 11) is 0. The lowest BCUT2D eigenvalue weighted by Crippen LogP contribution is -2.45. The fourth-order valence-electron chi connectivity index (χ4n) is 2.28. The zero-order valence-corrected chi connectivity index (χ0v) is 15.1. The quantitative estimate of drug-likeness (QED) is 0.566. The molecule has 2 aromatic carbocycles. The predicted molar refractivity (Wildman–Crippen MR) is 95.3 cm³/mol. The fraction of sp³-hybridized carbons (Fsp3) is 0.300. The summed E-state index contributed by atoms with van der Waals surface area (Å²) >= 11 is 0. The first-order chi connectivity index (χ1) is 12.9. The molecule has 0 aliphatic carbocycles. The van der Waals surface area contributed by atoms with Gasteiger partial charge in [0, 0.05) is 0 Å². The van der Waals surface area contributed by atoms with Crippen LogP contribution in [-0.2, 0) is 9.53 Å². The SMILES string of the molecule is CC(C)[C@H](NC(=O)c1ccccc1F)C(=O)OCCOc1ccc(F)cc1. The van der Waals surface area contributed by atoms with E-state index in [1.807, 2.05) is 0 Å². The molecule has 144 valence electrons. The molecule has 0 aromatic heterocycles. The third-order valence-corrected chi connectivity index (χ3v) is 3.74. The molecule has 0 bridgehead atoms. The van der Waals surface area contributed by atoms with Crippen LogP contribution in [0.4, 0.5) is 8.78 Å². The lowest BCUT2D eigenvalue weighted by Gasteiger charge is -2.21. The molecule has 0 saturated heterocycles. The highest BCUT2D eigenvalue weighted by molar-refractivity contribution is 5.97. The van der Waals surface area contributed by atoms with E-state index < -0.39 is 23.7 Å². The number of carbonyl (C=O) groups is 2. The largest absolute Gasteiger partial charge is 0.490 e. The second-order valence-electron chi connectivity index (χ2n) is 6.14. The van der Waals surface area contributed by atoms with Gasteiger partial charge in [-0.25, -0.2) is 13.6 Å². The Morgan fingerprint density at radius 1 is 1.00 bits per heavy atom. The fourth-order valence-corrected chi connectivity index (χ4v) is 2.28. The molecule has 27 heavy (non-hydrogen) atoms. The predicted octanol–water partition coefficient (Wildman–Crippen LogP) is 3.34. The Hall–Kier alpha value is -2.96. The Bertz CT molecular complexity index is 778. The van der Waals surface area contributed by atoms with Crippen molar-refractivity contribution in [2.45, 2.75) is 19.9 Å².